The fraction of sp³-hybridized carbons (Fsp3) is 0.471. The molecule has 0 unspecified atom stereocenters. The minimum Gasteiger partial charge on any atom is -0.342 e. The van der Waals surface area contributed by atoms with Gasteiger partial charge in [0.2, 0.25) is 5.91 Å². The largest absolute Gasteiger partial charge is 0.342 e. The molecule has 2 fully saturated rings. The Kier molecular flexibility index (Phi) is 3.26. The van der Waals surface area contributed by atoms with Crippen molar-refractivity contribution in [3.8, 4) is 11.6 Å². The molecule has 1 saturated heterocycles. The zero-order valence-electron chi connectivity index (χ0n) is 13.7. The number of aryl methyl sites for hydroxylation is 1. The first-order valence-electron chi connectivity index (χ1n) is 8.11. The summed E-state index contributed by atoms with van der Waals surface area (Å²) in [5, 5.41) is 0. The van der Waals surface area contributed by atoms with Crippen LogP contribution in [0, 0.1) is 18.3 Å². The Balaban J connectivity index is 1.56. The van der Waals surface area contributed by atoms with Gasteiger partial charge in [-0.3, -0.25) is 9.59 Å². The molecule has 0 radical (unpaired) electrons. The summed E-state index contributed by atoms with van der Waals surface area (Å²) in [5.41, 5.74) is 0.980. The van der Waals surface area contributed by atoms with Crippen molar-refractivity contribution in [1.82, 2.24) is 24.8 Å². The monoisotopic (exact) mass is 325 g/mol. The van der Waals surface area contributed by atoms with E-state index in [1.807, 2.05) is 4.90 Å². The minimum atomic E-state index is -0.297. The molecule has 2 aromatic rings. The Morgan fingerprint density at radius 1 is 1.42 bits per heavy atom. The molecule has 2 atom stereocenters. The number of nitrogens with zero attached hydrogens (tertiary/aromatic N) is 4. The Morgan fingerprint density at radius 2 is 2.17 bits per heavy atom. The van der Waals surface area contributed by atoms with Crippen molar-refractivity contribution in [3.05, 3.63) is 40.1 Å². The maximum absolute atomic E-state index is 12.5. The maximum atomic E-state index is 12.5. The number of amides is 1. The van der Waals surface area contributed by atoms with Gasteiger partial charge in [-0.05, 0) is 30.7 Å². The van der Waals surface area contributed by atoms with E-state index in [-0.39, 0.29) is 17.9 Å². The smallest absolute Gasteiger partial charge is 0.255 e. The predicted molar refractivity (Wildman–Crippen MR) is 87.1 cm³/mol. The fourth-order valence-corrected chi connectivity index (χ4v) is 3.55. The topological polar surface area (TPSA) is 91.8 Å². The van der Waals surface area contributed by atoms with Gasteiger partial charge in [0.15, 0.2) is 11.6 Å². The van der Waals surface area contributed by atoms with E-state index in [2.05, 4.69) is 26.9 Å². The van der Waals surface area contributed by atoms with Crippen LogP contribution in [-0.2, 0) is 11.2 Å². The quantitative estimate of drug-likeness (QED) is 0.907. The Morgan fingerprint density at radius 3 is 2.79 bits per heavy atom. The van der Waals surface area contributed by atoms with Gasteiger partial charge in [0.05, 0.1) is 6.42 Å². The molecule has 0 spiro atoms. The first-order valence-corrected chi connectivity index (χ1v) is 8.11. The van der Waals surface area contributed by atoms with E-state index in [1.54, 1.807) is 25.4 Å². The van der Waals surface area contributed by atoms with Crippen molar-refractivity contribution in [3.63, 3.8) is 0 Å². The van der Waals surface area contributed by atoms with Crippen LogP contribution in [0.25, 0.3) is 11.6 Å². The van der Waals surface area contributed by atoms with Gasteiger partial charge in [-0.25, -0.2) is 15.0 Å². The zero-order valence-corrected chi connectivity index (χ0v) is 13.7. The standard InChI is InChI=1S/C17H19N5O2/c1-10-12(6-13(23)22-8-11-7-17(11,2)9-22)16(24)21-15(20-10)14-18-4-3-5-19-14/h3-5,11H,6-9H2,1-2H3,(H,20,21,24)/t11-,17+/m0/s1. The fourth-order valence-electron chi connectivity index (χ4n) is 3.55. The highest BCUT2D eigenvalue weighted by Crippen LogP contribution is 2.57. The number of rotatable bonds is 3. The highest BCUT2D eigenvalue weighted by molar-refractivity contribution is 5.79. The van der Waals surface area contributed by atoms with Gasteiger partial charge in [-0.15, -0.1) is 0 Å². The number of piperidine rings is 1. The van der Waals surface area contributed by atoms with Gasteiger partial charge < -0.3 is 9.88 Å². The highest BCUT2D eigenvalue weighted by Gasteiger charge is 2.57. The van der Waals surface area contributed by atoms with Crippen LogP contribution in [0.4, 0.5) is 0 Å². The molecule has 7 heteroatoms. The number of hydrogen-bond acceptors (Lipinski definition) is 5. The number of hydrogen-bond donors (Lipinski definition) is 1. The number of aromatic amines is 1. The van der Waals surface area contributed by atoms with Crippen LogP contribution in [0.5, 0.6) is 0 Å². The summed E-state index contributed by atoms with van der Waals surface area (Å²) in [4.78, 5) is 42.0. The second kappa shape index (κ2) is 5.22. The number of carbonyl (C=O) groups is 1. The average molecular weight is 325 g/mol. The first-order chi connectivity index (χ1) is 11.5. The molecule has 7 nitrogen and oxygen atoms in total. The molecular weight excluding hydrogens is 306 g/mol. The summed E-state index contributed by atoms with van der Waals surface area (Å²) in [6, 6.07) is 1.70. The van der Waals surface area contributed by atoms with Gasteiger partial charge >= 0.3 is 0 Å². The van der Waals surface area contributed by atoms with Crippen molar-refractivity contribution in [2.45, 2.75) is 26.7 Å². The summed E-state index contributed by atoms with van der Waals surface area (Å²) in [6.45, 7) is 5.58. The number of fused-ring (bicyclic) bond motifs is 1. The van der Waals surface area contributed by atoms with E-state index >= 15 is 0 Å². The normalized spacial score (nSPS) is 24.8. The molecule has 0 aromatic carbocycles. The first kappa shape index (κ1) is 15.0. The Labute approximate surface area is 139 Å². The lowest BCUT2D eigenvalue weighted by Crippen LogP contribution is -2.34. The molecular formula is C17H19N5O2. The number of likely N-dealkylation sites (tertiary alicyclic amines) is 1. The van der Waals surface area contributed by atoms with Crippen LogP contribution in [-0.4, -0.2) is 43.8 Å². The highest BCUT2D eigenvalue weighted by atomic mass is 16.2. The molecule has 2 aliphatic rings. The van der Waals surface area contributed by atoms with Crippen LogP contribution in [0.2, 0.25) is 0 Å². The van der Waals surface area contributed by atoms with E-state index in [9.17, 15) is 9.59 Å². The predicted octanol–water partition coefficient (Wildman–Crippen LogP) is 0.946. The summed E-state index contributed by atoms with van der Waals surface area (Å²) in [5.74, 6) is 1.33. The molecule has 24 heavy (non-hydrogen) atoms. The number of nitrogens with one attached hydrogen (secondary N) is 1. The van der Waals surface area contributed by atoms with E-state index in [4.69, 9.17) is 0 Å². The van der Waals surface area contributed by atoms with Crippen LogP contribution in [0.3, 0.4) is 0 Å². The summed E-state index contributed by atoms with van der Waals surface area (Å²) < 4.78 is 0. The summed E-state index contributed by atoms with van der Waals surface area (Å²) in [6.07, 6.45) is 4.49. The second-order valence-corrected chi connectivity index (χ2v) is 7.06. The number of H-pyrrole nitrogens is 1. The van der Waals surface area contributed by atoms with Crippen molar-refractivity contribution < 1.29 is 4.79 Å². The SMILES string of the molecule is Cc1nc(-c2ncccn2)[nH]c(=O)c1CC(=O)N1C[C@@H]2C[C@]2(C)C1. The minimum absolute atomic E-state index is 0.00235. The van der Waals surface area contributed by atoms with Crippen molar-refractivity contribution in [2.75, 3.05) is 13.1 Å². The lowest BCUT2D eigenvalue weighted by molar-refractivity contribution is -0.130. The van der Waals surface area contributed by atoms with Gasteiger partial charge in [-0.2, -0.15) is 0 Å². The second-order valence-electron chi connectivity index (χ2n) is 7.06. The van der Waals surface area contributed by atoms with E-state index in [0.717, 1.165) is 13.1 Å². The Hall–Kier alpha value is -2.57. The summed E-state index contributed by atoms with van der Waals surface area (Å²) in [7, 11) is 0. The number of aromatic nitrogens is 4. The van der Waals surface area contributed by atoms with Gasteiger partial charge in [0.25, 0.3) is 5.56 Å². The molecule has 1 N–H and O–H groups in total. The molecule has 1 saturated carbocycles. The molecule has 4 rings (SSSR count). The van der Waals surface area contributed by atoms with Crippen LogP contribution >= 0.6 is 0 Å². The third-order valence-electron chi connectivity index (χ3n) is 5.21. The van der Waals surface area contributed by atoms with Crippen molar-refractivity contribution >= 4 is 5.91 Å². The van der Waals surface area contributed by atoms with Gasteiger partial charge in [-0.1, -0.05) is 6.92 Å². The third-order valence-corrected chi connectivity index (χ3v) is 5.21. The third kappa shape index (κ3) is 2.50. The van der Waals surface area contributed by atoms with E-state index < -0.39 is 0 Å². The molecule has 124 valence electrons. The molecule has 1 aliphatic carbocycles. The van der Waals surface area contributed by atoms with E-state index in [1.165, 1.54) is 6.42 Å². The average Bonchev–Trinajstić information content (AvgIpc) is 3.08. The molecule has 1 aliphatic heterocycles. The number of carbonyl (C=O) groups excluding carboxylic acids is 1. The Bertz CT molecular complexity index is 863. The lowest BCUT2D eigenvalue weighted by Gasteiger charge is -2.19. The molecule has 0 bridgehead atoms. The van der Waals surface area contributed by atoms with Crippen LogP contribution in [0.1, 0.15) is 24.6 Å². The van der Waals surface area contributed by atoms with Crippen molar-refractivity contribution in [2.24, 2.45) is 11.3 Å². The van der Waals surface area contributed by atoms with Crippen LogP contribution < -0.4 is 5.56 Å². The molecule has 1 amide bonds. The molecule has 2 aromatic heterocycles. The van der Waals surface area contributed by atoms with Crippen molar-refractivity contribution in [1.29, 1.82) is 0 Å². The van der Waals surface area contributed by atoms with Crippen LogP contribution in [0.15, 0.2) is 23.3 Å². The molecule has 3 heterocycles. The van der Waals surface area contributed by atoms with Gasteiger partial charge in [0.1, 0.15) is 0 Å². The summed E-state index contributed by atoms with van der Waals surface area (Å²) >= 11 is 0. The van der Waals surface area contributed by atoms with E-state index in [0.29, 0.717) is 34.2 Å². The lowest BCUT2D eigenvalue weighted by atomic mass is 10.1. The maximum Gasteiger partial charge on any atom is 0.255 e. The zero-order chi connectivity index (χ0) is 16.9. The van der Waals surface area contributed by atoms with Gasteiger partial charge in [0, 0.05) is 36.7 Å².